The van der Waals surface area contributed by atoms with Crippen LogP contribution in [-0.4, -0.2) is 65.1 Å². The van der Waals surface area contributed by atoms with Crippen LogP contribution in [0.4, 0.5) is 14.7 Å². The maximum Gasteiger partial charge on any atom is 0.387 e. The molecule has 13 heteroatoms. The zero-order valence-electron chi connectivity index (χ0n) is 20.6. The van der Waals surface area contributed by atoms with Gasteiger partial charge in [0.25, 0.3) is 5.91 Å². The van der Waals surface area contributed by atoms with Crippen molar-refractivity contribution in [1.82, 2.24) is 24.8 Å². The highest BCUT2D eigenvalue weighted by molar-refractivity contribution is 7.91. The SMILES string of the molecule is O=C(N[C@@H]1CCn2c1nc1ccc(-c3cnc(N4CCS(=O)(=O)CC4)nc3)cc12)c1cccc(OC(F)F)c1. The number of benzene rings is 2. The molecule has 10 nitrogen and oxygen atoms in total. The van der Waals surface area contributed by atoms with Gasteiger partial charge in [-0.2, -0.15) is 8.78 Å². The van der Waals surface area contributed by atoms with Crippen molar-refractivity contribution < 1.29 is 26.7 Å². The van der Waals surface area contributed by atoms with E-state index in [1.54, 1.807) is 18.5 Å². The summed E-state index contributed by atoms with van der Waals surface area (Å²) in [5.74, 6) is 0.950. The molecule has 6 rings (SSSR count). The first-order chi connectivity index (χ1) is 18.8. The summed E-state index contributed by atoms with van der Waals surface area (Å²) in [6.07, 6.45) is 4.09. The third-order valence-electron chi connectivity index (χ3n) is 6.96. The Labute approximate surface area is 222 Å². The number of aryl methyl sites for hydroxylation is 1. The lowest BCUT2D eigenvalue weighted by Crippen LogP contribution is -2.41. The van der Waals surface area contributed by atoms with Crippen LogP contribution >= 0.6 is 0 Å². The topological polar surface area (TPSA) is 119 Å². The van der Waals surface area contributed by atoms with Gasteiger partial charge < -0.3 is 19.5 Å². The maximum absolute atomic E-state index is 12.8. The van der Waals surface area contributed by atoms with Gasteiger partial charge in [0.2, 0.25) is 5.95 Å². The van der Waals surface area contributed by atoms with Gasteiger partial charge in [0.15, 0.2) is 9.84 Å². The third-order valence-corrected chi connectivity index (χ3v) is 8.57. The van der Waals surface area contributed by atoms with Crippen LogP contribution in [0.1, 0.15) is 28.6 Å². The largest absolute Gasteiger partial charge is 0.435 e. The Morgan fingerprint density at radius 3 is 2.54 bits per heavy atom. The first-order valence-corrected chi connectivity index (χ1v) is 14.2. The minimum Gasteiger partial charge on any atom is -0.435 e. The number of sulfone groups is 1. The first kappa shape index (κ1) is 25.2. The summed E-state index contributed by atoms with van der Waals surface area (Å²) in [6.45, 7) is -1.56. The summed E-state index contributed by atoms with van der Waals surface area (Å²) in [7, 11) is -2.98. The number of amides is 1. The fourth-order valence-corrected chi connectivity index (χ4v) is 6.15. The summed E-state index contributed by atoms with van der Waals surface area (Å²) >= 11 is 0. The van der Waals surface area contributed by atoms with Crippen LogP contribution in [0.3, 0.4) is 0 Å². The number of aromatic nitrogens is 4. The molecule has 0 unspecified atom stereocenters. The van der Waals surface area contributed by atoms with E-state index < -0.39 is 22.4 Å². The number of fused-ring (bicyclic) bond motifs is 3. The van der Waals surface area contributed by atoms with E-state index in [0.29, 0.717) is 32.0 Å². The van der Waals surface area contributed by atoms with E-state index in [2.05, 4.69) is 24.6 Å². The highest BCUT2D eigenvalue weighted by Crippen LogP contribution is 2.32. The first-order valence-electron chi connectivity index (χ1n) is 12.4. The zero-order chi connectivity index (χ0) is 27.1. The number of anilines is 1. The molecule has 0 aliphatic carbocycles. The molecule has 0 saturated carbocycles. The van der Waals surface area contributed by atoms with Gasteiger partial charge in [-0.25, -0.2) is 23.4 Å². The molecule has 0 spiro atoms. The van der Waals surface area contributed by atoms with Crippen molar-refractivity contribution in [3.63, 3.8) is 0 Å². The summed E-state index contributed by atoms with van der Waals surface area (Å²) in [4.78, 5) is 28.4. The highest BCUT2D eigenvalue weighted by atomic mass is 32.2. The Bertz CT molecular complexity index is 1640. The molecule has 202 valence electrons. The predicted molar refractivity (Wildman–Crippen MR) is 140 cm³/mol. The van der Waals surface area contributed by atoms with Gasteiger partial charge >= 0.3 is 6.61 Å². The van der Waals surface area contributed by atoms with Crippen molar-refractivity contribution >= 4 is 32.7 Å². The molecule has 1 saturated heterocycles. The Morgan fingerprint density at radius 2 is 1.79 bits per heavy atom. The zero-order valence-corrected chi connectivity index (χ0v) is 21.4. The molecule has 2 aliphatic heterocycles. The van der Waals surface area contributed by atoms with E-state index >= 15 is 0 Å². The van der Waals surface area contributed by atoms with Gasteiger partial charge in [-0.1, -0.05) is 12.1 Å². The van der Waals surface area contributed by atoms with Crippen molar-refractivity contribution in [3.05, 3.63) is 66.2 Å². The summed E-state index contributed by atoms with van der Waals surface area (Å²) in [5.41, 5.74) is 3.64. The number of carbonyl (C=O) groups excluding carboxylic acids is 1. The molecule has 4 heterocycles. The monoisotopic (exact) mass is 554 g/mol. The van der Waals surface area contributed by atoms with Crippen LogP contribution in [0.15, 0.2) is 54.9 Å². The van der Waals surface area contributed by atoms with Crippen LogP contribution in [0.5, 0.6) is 5.75 Å². The molecule has 39 heavy (non-hydrogen) atoms. The lowest BCUT2D eigenvalue weighted by Gasteiger charge is -2.26. The summed E-state index contributed by atoms with van der Waals surface area (Å²) in [5, 5.41) is 2.95. The van der Waals surface area contributed by atoms with Crippen molar-refractivity contribution in [2.45, 2.75) is 25.6 Å². The number of halogens is 2. The Hall–Kier alpha value is -4.13. The number of nitrogens with one attached hydrogen (secondary N) is 1. The molecule has 1 atom stereocenters. The Morgan fingerprint density at radius 1 is 1.03 bits per heavy atom. The molecule has 0 bridgehead atoms. The molecule has 2 aromatic carbocycles. The quantitative estimate of drug-likeness (QED) is 0.386. The number of alkyl halides is 2. The smallest absolute Gasteiger partial charge is 0.387 e. The van der Waals surface area contributed by atoms with E-state index in [1.807, 2.05) is 23.1 Å². The maximum atomic E-state index is 12.8. The van der Waals surface area contributed by atoms with Crippen LogP contribution in [0.25, 0.3) is 22.2 Å². The van der Waals surface area contributed by atoms with Crippen LogP contribution in [-0.2, 0) is 16.4 Å². The second-order valence-corrected chi connectivity index (χ2v) is 11.8. The van der Waals surface area contributed by atoms with Gasteiger partial charge in [0, 0.05) is 43.2 Å². The van der Waals surface area contributed by atoms with Gasteiger partial charge in [-0.15, -0.1) is 0 Å². The van der Waals surface area contributed by atoms with E-state index in [-0.39, 0.29) is 28.9 Å². The Balaban J connectivity index is 1.19. The van der Waals surface area contributed by atoms with Gasteiger partial charge in [-0.3, -0.25) is 4.79 Å². The molecular formula is C26H24F2N6O4S. The molecule has 1 N–H and O–H groups in total. The summed E-state index contributed by atoms with van der Waals surface area (Å²) < 4.78 is 54.9. The van der Waals surface area contributed by atoms with E-state index in [4.69, 9.17) is 4.98 Å². The van der Waals surface area contributed by atoms with E-state index in [0.717, 1.165) is 28.0 Å². The second-order valence-electron chi connectivity index (χ2n) is 9.46. The van der Waals surface area contributed by atoms with Crippen LogP contribution in [0.2, 0.25) is 0 Å². The van der Waals surface area contributed by atoms with Crippen LogP contribution < -0.4 is 15.0 Å². The lowest BCUT2D eigenvalue weighted by atomic mass is 10.1. The molecule has 2 aromatic heterocycles. The van der Waals surface area contributed by atoms with E-state index in [1.165, 1.54) is 18.2 Å². The molecular weight excluding hydrogens is 530 g/mol. The average Bonchev–Trinajstić information content (AvgIpc) is 3.48. The van der Waals surface area contributed by atoms with Crippen molar-refractivity contribution in [3.8, 4) is 16.9 Å². The number of hydrogen-bond acceptors (Lipinski definition) is 8. The molecule has 0 radical (unpaired) electrons. The number of imidazole rings is 1. The Kier molecular flexibility index (Phi) is 6.37. The fourth-order valence-electron chi connectivity index (χ4n) is 4.95. The van der Waals surface area contributed by atoms with Crippen molar-refractivity contribution in [1.29, 1.82) is 0 Å². The van der Waals surface area contributed by atoms with Crippen molar-refractivity contribution in [2.24, 2.45) is 0 Å². The fraction of sp³-hybridized carbons (Fsp3) is 0.308. The molecule has 4 aromatic rings. The molecule has 1 fully saturated rings. The summed E-state index contributed by atoms with van der Waals surface area (Å²) in [6, 6.07) is 11.2. The van der Waals surface area contributed by atoms with Gasteiger partial charge in [-0.05, 0) is 42.3 Å². The number of carbonyl (C=O) groups is 1. The lowest BCUT2D eigenvalue weighted by molar-refractivity contribution is -0.0498. The number of ether oxygens (including phenoxy) is 1. The highest BCUT2D eigenvalue weighted by Gasteiger charge is 2.29. The minimum absolute atomic E-state index is 0.0790. The number of nitrogens with zero attached hydrogens (tertiary/aromatic N) is 5. The number of hydrogen-bond donors (Lipinski definition) is 1. The third kappa shape index (κ3) is 5.13. The van der Waals surface area contributed by atoms with E-state index in [9.17, 15) is 22.0 Å². The normalized spacial score (nSPS) is 18.3. The minimum atomic E-state index is -2.98. The average molecular weight is 555 g/mol. The molecule has 2 aliphatic rings. The van der Waals surface area contributed by atoms with Gasteiger partial charge in [0.1, 0.15) is 11.6 Å². The second kappa shape index (κ2) is 9.88. The standard InChI is InChI=1S/C26H24F2N6O4S/c27-25(28)38-19-3-1-2-17(12-19)24(35)32-21-6-7-34-22-13-16(4-5-20(22)31-23(21)34)18-14-29-26(30-15-18)33-8-10-39(36,37)11-9-33/h1-5,12-15,21,25H,6-11H2,(H,32,35)/t21-/m1/s1. The number of rotatable bonds is 6. The molecule has 1 amide bonds. The van der Waals surface area contributed by atoms with Crippen molar-refractivity contribution in [2.75, 3.05) is 29.5 Å². The van der Waals surface area contributed by atoms with Crippen LogP contribution in [0, 0.1) is 0 Å². The van der Waals surface area contributed by atoms with Gasteiger partial charge in [0.05, 0.1) is 28.6 Å². The predicted octanol–water partition coefficient (Wildman–Crippen LogP) is 3.20.